The highest BCUT2D eigenvalue weighted by Gasteiger charge is 2.16. The van der Waals surface area contributed by atoms with Crippen LogP contribution >= 0.6 is 11.6 Å². The van der Waals surface area contributed by atoms with E-state index >= 15 is 0 Å². The van der Waals surface area contributed by atoms with E-state index < -0.39 is 5.60 Å². The maximum atomic E-state index is 9.07. The molecule has 0 aliphatic rings. The predicted molar refractivity (Wildman–Crippen MR) is 35.8 cm³/mol. The van der Waals surface area contributed by atoms with Crippen molar-refractivity contribution in [2.24, 2.45) is 0 Å². The van der Waals surface area contributed by atoms with E-state index in [0.29, 0.717) is 0 Å². The van der Waals surface area contributed by atoms with Gasteiger partial charge in [-0.05, 0) is 13.8 Å². The molecule has 0 unspecified atom stereocenters. The van der Waals surface area contributed by atoms with E-state index in [1.54, 1.807) is 6.07 Å². The average molecular weight is 146 g/mol. The summed E-state index contributed by atoms with van der Waals surface area (Å²) >= 11 is 5.45. The molecule has 3 heteroatoms. The van der Waals surface area contributed by atoms with Gasteiger partial charge in [0, 0.05) is 6.08 Å². The molecule has 0 aromatic rings. The van der Waals surface area contributed by atoms with Gasteiger partial charge in [0.15, 0.2) is 0 Å². The molecule has 0 rings (SSSR count). The standard InChI is InChI=1S/C6H8ClNO/c1-6(2,9)5(7)3-4-8/h3,9H,1-2H3. The highest BCUT2D eigenvalue weighted by Crippen LogP contribution is 2.18. The summed E-state index contributed by atoms with van der Waals surface area (Å²) in [6.07, 6.45) is 1.11. The van der Waals surface area contributed by atoms with E-state index in [0.717, 1.165) is 6.08 Å². The SMILES string of the molecule is CC(C)(O)C(Cl)=CC#N. The van der Waals surface area contributed by atoms with Gasteiger partial charge in [-0.25, -0.2) is 0 Å². The van der Waals surface area contributed by atoms with Gasteiger partial charge >= 0.3 is 0 Å². The van der Waals surface area contributed by atoms with Gasteiger partial charge in [0.1, 0.15) is 0 Å². The summed E-state index contributed by atoms with van der Waals surface area (Å²) < 4.78 is 0. The number of nitriles is 1. The second-order valence-electron chi connectivity index (χ2n) is 2.18. The van der Waals surface area contributed by atoms with E-state index in [1.807, 2.05) is 0 Å². The lowest BCUT2D eigenvalue weighted by Gasteiger charge is -2.13. The van der Waals surface area contributed by atoms with E-state index in [-0.39, 0.29) is 5.03 Å². The molecule has 0 spiro atoms. The molecule has 0 radical (unpaired) electrons. The molecule has 0 heterocycles. The first-order chi connectivity index (χ1) is 3.98. The van der Waals surface area contributed by atoms with E-state index in [9.17, 15) is 0 Å². The lowest BCUT2D eigenvalue weighted by molar-refractivity contribution is 0.128. The summed E-state index contributed by atoms with van der Waals surface area (Å²) in [7, 11) is 0. The van der Waals surface area contributed by atoms with Crippen LogP contribution in [-0.4, -0.2) is 10.7 Å². The smallest absolute Gasteiger partial charge is 0.0952 e. The van der Waals surface area contributed by atoms with Crippen molar-refractivity contribution >= 4 is 11.6 Å². The zero-order valence-electron chi connectivity index (χ0n) is 5.35. The molecule has 0 aromatic heterocycles. The monoisotopic (exact) mass is 145 g/mol. The minimum Gasteiger partial charge on any atom is -0.385 e. The Bertz CT molecular complexity index is 161. The first-order valence-corrected chi connectivity index (χ1v) is 2.84. The molecule has 0 aliphatic carbocycles. The largest absolute Gasteiger partial charge is 0.385 e. The Hall–Kier alpha value is -0.520. The Morgan fingerprint density at radius 1 is 1.78 bits per heavy atom. The summed E-state index contributed by atoms with van der Waals surface area (Å²) in [5, 5.41) is 17.3. The third-order valence-corrected chi connectivity index (χ3v) is 1.35. The lowest BCUT2D eigenvalue weighted by atomic mass is 10.1. The molecular formula is C6H8ClNO. The van der Waals surface area contributed by atoms with Crippen LogP contribution in [0.3, 0.4) is 0 Å². The van der Waals surface area contributed by atoms with Crippen molar-refractivity contribution in [2.75, 3.05) is 0 Å². The van der Waals surface area contributed by atoms with Crippen LogP contribution in [0.15, 0.2) is 11.1 Å². The molecule has 1 N–H and O–H groups in total. The molecule has 0 aromatic carbocycles. The topological polar surface area (TPSA) is 44.0 Å². The first kappa shape index (κ1) is 8.48. The van der Waals surface area contributed by atoms with Crippen LogP contribution in [0.2, 0.25) is 0 Å². The van der Waals surface area contributed by atoms with E-state index in [1.165, 1.54) is 13.8 Å². The first-order valence-electron chi connectivity index (χ1n) is 2.46. The van der Waals surface area contributed by atoms with Crippen molar-refractivity contribution in [3.05, 3.63) is 11.1 Å². The summed E-state index contributed by atoms with van der Waals surface area (Å²) in [5.41, 5.74) is -1.09. The highest BCUT2D eigenvalue weighted by molar-refractivity contribution is 6.30. The van der Waals surface area contributed by atoms with Crippen LogP contribution in [0, 0.1) is 11.3 Å². The predicted octanol–water partition coefficient (Wildman–Crippen LogP) is 1.40. The molecule has 0 aliphatic heterocycles. The molecule has 0 saturated heterocycles. The van der Waals surface area contributed by atoms with E-state index in [4.69, 9.17) is 22.0 Å². The Morgan fingerprint density at radius 2 is 2.22 bits per heavy atom. The molecular weight excluding hydrogens is 138 g/mol. The zero-order chi connectivity index (χ0) is 7.49. The Kier molecular flexibility index (Phi) is 2.69. The molecule has 0 amide bonds. The number of allylic oxidation sites excluding steroid dienone is 1. The van der Waals surface area contributed by atoms with E-state index in [2.05, 4.69) is 0 Å². The quantitative estimate of drug-likeness (QED) is 0.567. The number of rotatable bonds is 1. The van der Waals surface area contributed by atoms with Crippen molar-refractivity contribution < 1.29 is 5.11 Å². The van der Waals surface area contributed by atoms with Crippen molar-refractivity contribution in [3.8, 4) is 6.07 Å². The number of nitrogens with zero attached hydrogens (tertiary/aromatic N) is 1. The maximum absolute atomic E-state index is 9.07. The van der Waals surface area contributed by atoms with Crippen LogP contribution in [0.1, 0.15) is 13.8 Å². The second kappa shape index (κ2) is 2.86. The minimum absolute atomic E-state index is 0.157. The van der Waals surface area contributed by atoms with Gasteiger partial charge in [-0.2, -0.15) is 5.26 Å². The fraction of sp³-hybridized carbons (Fsp3) is 0.500. The fourth-order valence-corrected chi connectivity index (χ4v) is 0.282. The zero-order valence-corrected chi connectivity index (χ0v) is 6.11. The summed E-state index contributed by atoms with van der Waals surface area (Å²) in [4.78, 5) is 0. The minimum atomic E-state index is -1.09. The van der Waals surface area contributed by atoms with Gasteiger partial charge in [-0.1, -0.05) is 11.6 Å². The number of halogens is 1. The number of hydrogen-bond donors (Lipinski definition) is 1. The van der Waals surface area contributed by atoms with Crippen LogP contribution in [0.25, 0.3) is 0 Å². The molecule has 0 bridgehead atoms. The Balaban J connectivity index is 4.25. The van der Waals surface area contributed by atoms with Crippen LogP contribution in [0.5, 0.6) is 0 Å². The summed E-state index contributed by atoms with van der Waals surface area (Å²) in [6.45, 7) is 3.03. The van der Waals surface area contributed by atoms with Gasteiger partial charge < -0.3 is 5.11 Å². The van der Waals surface area contributed by atoms with Crippen LogP contribution < -0.4 is 0 Å². The molecule has 50 valence electrons. The third-order valence-electron chi connectivity index (χ3n) is 0.776. The molecule has 2 nitrogen and oxygen atoms in total. The average Bonchev–Trinajstić information content (AvgIpc) is 1.64. The fourth-order valence-electron chi connectivity index (χ4n) is 0.233. The van der Waals surface area contributed by atoms with Crippen molar-refractivity contribution in [1.29, 1.82) is 5.26 Å². The van der Waals surface area contributed by atoms with Crippen LogP contribution in [0.4, 0.5) is 0 Å². The van der Waals surface area contributed by atoms with Gasteiger partial charge in [0.2, 0.25) is 0 Å². The van der Waals surface area contributed by atoms with Crippen molar-refractivity contribution in [3.63, 3.8) is 0 Å². The maximum Gasteiger partial charge on any atom is 0.0952 e. The van der Waals surface area contributed by atoms with Gasteiger partial charge in [0.25, 0.3) is 0 Å². The lowest BCUT2D eigenvalue weighted by Crippen LogP contribution is -2.18. The summed E-state index contributed by atoms with van der Waals surface area (Å²) in [6, 6.07) is 1.72. The van der Waals surface area contributed by atoms with Crippen molar-refractivity contribution in [1.82, 2.24) is 0 Å². The van der Waals surface area contributed by atoms with Crippen molar-refractivity contribution in [2.45, 2.75) is 19.4 Å². The molecule has 9 heavy (non-hydrogen) atoms. The normalized spacial score (nSPS) is 13.0. The Labute approximate surface area is 59.4 Å². The molecule has 0 atom stereocenters. The number of hydrogen-bond acceptors (Lipinski definition) is 2. The van der Waals surface area contributed by atoms with Crippen LogP contribution in [-0.2, 0) is 0 Å². The van der Waals surface area contributed by atoms with Gasteiger partial charge in [-0.15, -0.1) is 0 Å². The third kappa shape index (κ3) is 3.12. The van der Waals surface area contributed by atoms with Gasteiger partial charge in [-0.3, -0.25) is 0 Å². The molecule has 0 saturated carbocycles. The highest BCUT2D eigenvalue weighted by atomic mass is 35.5. The molecule has 0 fully saturated rings. The Morgan fingerprint density at radius 3 is 2.33 bits per heavy atom. The summed E-state index contributed by atoms with van der Waals surface area (Å²) in [5.74, 6) is 0. The van der Waals surface area contributed by atoms with Gasteiger partial charge in [0.05, 0.1) is 16.7 Å². The second-order valence-corrected chi connectivity index (χ2v) is 2.59. The number of aliphatic hydroxyl groups is 1.